The van der Waals surface area contributed by atoms with E-state index in [2.05, 4.69) is 10.1 Å². The Morgan fingerprint density at radius 3 is 2.38 bits per heavy atom. The van der Waals surface area contributed by atoms with Gasteiger partial charge >= 0.3 is 11.9 Å². The molecule has 0 unspecified atom stereocenters. The lowest BCUT2D eigenvalue weighted by Crippen LogP contribution is -2.31. The van der Waals surface area contributed by atoms with Crippen molar-refractivity contribution >= 4 is 11.9 Å². The predicted octanol–water partition coefficient (Wildman–Crippen LogP) is 0.479. The normalized spacial score (nSPS) is 25.2. The third kappa shape index (κ3) is 3.48. The molecule has 0 aliphatic carbocycles. The number of methoxy groups -OCH3 is 1. The Kier molecular flexibility index (Phi) is 3.91. The number of hydrogen-bond donors (Lipinski definition) is 1. The quantitative estimate of drug-likeness (QED) is 0.698. The summed E-state index contributed by atoms with van der Waals surface area (Å²) in [6, 6.07) is -0.387. The molecule has 92 valence electrons. The summed E-state index contributed by atoms with van der Waals surface area (Å²) >= 11 is 0. The van der Waals surface area contributed by atoms with Crippen molar-refractivity contribution < 1.29 is 19.1 Å². The van der Waals surface area contributed by atoms with Crippen molar-refractivity contribution in [2.24, 2.45) is 5.92 Å². The monoisotopic (exact) mass is 229 g/mol. The summed E-state index contributed by atoms with van der Waals surface area (Å²) < 4.78 is 9.86. The van der Waals surface area contributed by atoms with E-state index >= 15 is 0 Å². The average molecular weight is 229 g/mol. The van der Waals surface area contributed by atoms with Crippen LogP contribution in [0.15, 0.2) is 0 Å². The van der Waals surface area contributed by atoms with Crippen molar-refractivity contribution in [3.63, 3.8) is 0 Å². The van der Waals surface area contributed by atoms with E-state index in [0.717, 1.165) is 0 Å². The third-order valence-corrected chi connectivity index (χ3v) is 2.36. The summed E-state index contributed by atoms with van der Waals surface area (Å²) in [5, 5.41) is 2.95. The Balaban J connectivity index is 2.47. The average Bonchev–Trinajstić information content (AvgIpc) is 2.62. The van der Waals surface area contributed by atoms with Gasteiger partial charge in [-0.15, -0.1) is 0 Å². The molecule has 5 nitrogen and oxygen atoms in total. The minimum atomic E-state index is -0.486. The molecule has 0 aromatic heterocycles. The fourth-order valence-electron chi connectivity index (χ4n) is 1.62. The second-order valence-electron chi connectivity index (χ2n) is 4.95. The van der Waals surface area contributed by atoms with Crippen molar-refractivity contribution in [2.45, 2.75) is 38.8 Å². The zero-order chi connectivity index (χ0) is 12.3. The lowest BCUT2D eigenvalue weighted by atomic mass is 10.1. The molecule has 0 radical (unpaired) electrons. The summed E-state index contributed by atoms with van der Waals surface area (Å²) in [4.78, 5) is 22.9. The summed E-state index contributed by atoms with van der Waals surface area (Å²) in [6.07, 6.45) is 0.446. The third-order valence-electron chi connectivity index (χ3n) is 2.36. The number of carbonyl (C=O) groups excluding carboxylic acids is 2. The number of carbonyl (C=O) groups is 2. The largest absolute Gasteiger partial charge is 0.468 e. The second kappa shape index (κ2) is 4.82. The number of nitrogens with one attached hydrogen (secondary N) is 1. The first kappa shape index (κ1) is 13.0. The molecule has 0 aromatic carbocycles. The van der Waals surface area contributed by atoms with E-state index in [1.165, 1.54) is 7.11 Å². The van der Waals surface area contributed by atoms with E-state index in [-0.39, 0.29) is 23.9 Å². The number of rotatable bonds is 2. The molecule has 1 aliphatic rings. The minimum absolute atomic E-state index is 0.258. The maximum absolute atomic E-state index is 11.7. The molecule has 1 heterocycles. The van der Waals surface area contributed by atoms with Gasteiger partial charge in [0.25, 0.3) is 0 Å². The van der Waals surface area contributed by atoms with Gasteiger partial charge in [-0.25, -0.2) is 0 Å². The molecule has 1 aliphatic heterocycles. The molecule has 0 bridgehead atoms. The van der Waals surface area contributed by atoms with Crippen LogP contribution in [0, 0.1) is 5.92 Å². The molecule has 0 amide bonds. The zero-order valence-corrected chi connectivity index (χ0v) is 10.2. The highest BCUT2D eigenvalue weighted by atomic mass is 16.6. The van der Waals surface area contributed by atoms with Crippen molar-refractivity contribution in [3.8, 4) is 0 Å². The topological polar surface area (TPSA) is 64.6 Å². The predicted molar refractivity (Wildman–Crippen MR) is 57.8 cm³/mol. The van der Waals surface area contributed by atoms with Crippen LogP contribution in [0.4, 0.5) is 0 Å². The lowest BCUT2D eigenvalue weighted by Gasteiger charge is -2.21. The fraction of sp³-hybridized carbons (Fsp3) is 0.818. The smallest absolute Gasteiger partial charge is 0.322 e. The molecule has 0 aromatic rings. The molecule has 1 N–H and O–H groups in total. The summed E-state index contributed by atoms with van der Waals surface area (Å²) in [6.45, 7) is 5.94. The van der Waals surface area contributed by atoms with Crippen LogP contribution < -0.4 is 5.32 Å². The van der Waals surface area contributed by atoms with Gasteiger partial charge in [0.15, 0.2) is 0 Å². The van der Waals surface area contributed by atoms with Gasteiger partial charge in [-0.05, 0) is 27.2 Å². The molecule has 1 rings (SSSR count). The van der Waals surface area contributed by atoms with E-state index in [1.807, 2.05) is 20.8 Å². The summed E-state index contributed by atoms with van der Waals surface area (Å²) in [5.41, 5.74) is -0.486. The molecule has 0 spiro atoms. The second-order valence-corrected chi connectivity index (χ2v) is 4.95. The molecular weight excluding hydrogens is 210 g/mol. The Labute approximate surface area is 95.5 Å². The molecular formula is C11H19NO4. The Hall–Kier alpha value is -1.10. The van der Waals surface area contributed by atoms with Crippen molar-refractivity contribution in [1.82, 2.24) is 5.32 Å². The molecule has 1 saturated heterocycles. The standard InChI is InChI=1S/C11H19NO4/c1-11(2,3)16-9(13)7-5-8(12-6-7)10(14)15-4/h7-8,12H,5-6H2,1-4H3/t7-,8+/m0/s1. The molecule has 2 atom stereocenters. The minimum Gasteiger partial charge on any atom is -0.468 e. The first-order valence-electron chi connectivity index (χ1n) is 5.37. The molecule has 5 heteroatoms. The van der Waals surface area contributed by atoms with Gasteiger partial charge in [-0.1, -0.05) is 0 Å². The summed E-state index contributed by atoms with van der Waals surface area (Å²) in [5.74, 6) is -0.846. The maximum atomic E-state index is 11.7. The maximum Gasteiger partial charge on any atom is 0.322 e. The Morgan fingerprint density at radius 1 is 1.25 bits per heavy atom. The first-order chi connectivity index (χ1) is 7.33. The van der Waals surface area contributed by atoms with Crippen molar-refractivity contribution in [3.05, 3.63) is 0 Å². The van der Waals surface area contributed by atoms with E-state index in [1.54, 1.807) is 0 Å². The van der Waals surface area contributed by atoms with Crippen LogP contribution in [0.2, 0.25) is 0 Å². The highest BCUT2D eigenvalue weighted by Gasteiger charge is 2.36. The Morgan fingerprint density at radius 2 is 1.88 bits per heavy atom. The van der Waals surface area contributed by atoms with Crippen LogP contribution in [-0.2, 0) is 19.1 Å². The van der Waals surface area contributed by atoms with Crippen molar-refractivity contribution in [2.75, 3.05) is 13.7 Å². The number of hydrogen-bond acceptors (Lipinski definition) is 5. The van der Waals surface area contributed by atoms with Gasteiger partial charge in [0.1, 0.15) is 11.6 Å². The number of ether oxygens (including phenoxy) is 2. The van der Waals surface area contributed by atoms with Gasteiger partial charge in [-0.2, -0.15) is 0 Å². The van der Waals surface area contributed by atoms with Crippen LogP contribution in [0.3, 0.4) is 0 Å². The van der Waals surface area contributed by atoms with Gasteiger partial charge in [0, 0.05) is 6.54 Å². The summed E-state index contributed by atoms with van der Waals surface area (Å²) in [7, 11) is 1.34. The SMILES string of the molecule is COC(=O)[C@H]1C[C@H](C(=O)OC(C)(C)C)CN1. The highest BCUT2D eigenvalue weighted by Crippen LogP contribution is 2.19. The number of esters is 2. The molecule has 1 fully saturated rings. The van der Waals surface area contributed by atoms with Gasteiger partial charge in [0.05, 0.1) is 13.0 Å². The van der Waals surface area contributed by atoms with E-state index in [0.29, 0.717) is 13.0 Å². The van der Waals surface area contributed by atoms with Gasteiger partial charge in [0.2, 0.25) is 0 Å². The van der Waals surface area contributed by atoms with Crippen LogP contribution in [0.1, 0.15) is 27.2 Å². The van der Waals surface area contributed by atoms with Crippen LogP contribution >= 0.6 is 0 Å². The lowest BCUT2D eigenvalue weighted by molar-refractivity contribution is -0.159. The molecule has 0 saturated carbocycles. The van der Waals surface area contributed by atoms with Crippen molar-refractivity contribution in [1.29, 1.82) is 0 Å². The van der Waals surface area contributed by atoms with Crippen LogP contribution in [0.25, 0.3) is 0 Å². The van der Waals surface area contributed by atoms with Crippen LogP contribution in [0.5, 0.6) is 0 Å². The first-order valence-corrected chi connectivity index (χ1v) is 5.37. The van der Waals surface area contributed by atoms with E-state index < -0.39 is 5.60 Å². The van der Waals surface area contributed by atoms with E-state index in [4.69, 9.17) is 4.74 Å². The highest BCUT2D eigenvalue weighted by molar-refractivity contribution is 5.80. The molecule has 16 heavy (non-hydrogen) atoms. The van der Waals surface area contributed by atoms with E-state index in [9.17, 15) is 9.59 Å². The van der Waals surface area contributed by atoms with Gasteiger partial charge < -0.3 is 14.8 Å². The van der Waals surface area contributed by atoms with Crippen LogP contribution in [-0.4, -0.2) is 37.2 Å². The van der Waals surface area contributed by atoms with Gasteiger partial charge in [-0.3, -0.25) is 9.59 Å². The fourth-order valence-corrected chi connectivity index (χ4v) is 1.62. The zero-order valence-electron chi connectivity index (χ0n) is 10.2. The Bertz CT molecular complexity index is 282.